The lowest BCUT2D eigenvalue weighted by molar-refractivity contribution is 0.0784. The maximum atomic E-state index is 12.6. The summed E-state index contributed by atoms with van der Waals surface area (Å²) in [6.07, 6.45) is 1.70. The maximum Gasteiger partial charge on any atom is 0.274 e. The number of fused-ring (bicyclic) bond motifs is 3. The van der Waals surface area contributed by atoms with Crippen LogP contribution in [0.5, 0.6) is 0 Å². The molecule has 0 bridgehead atoms. The molecule has 0 radical (unpaired) electrons. The lowest BCUT2D eigenvalue weighted by Gasteiger charge is -2.16. The van der Waals surface area contributed by atoms with Crippen molar-refractivity contribution in [2.75, 3.05) is 13.1 Å². The van der Waals surface area contributed by atoms with Crippen molar-refractivity contribution in [3.63, 3.8) is 0 Å². The first-order valence-electron chi connectivity index (χ1n) is 7.10. The number of aryl methyl sites for hydroxylation is 1. The second kappa shape index (κ2) is 4.42. The quantitative estimate of drug-likeness (QED) is 0.780. The number of carbonyl (C=O) groups excluding carboxylic acids is 1. The van der Waals surface area contributed by atoms with Gasteiger partial charge in [-0.05, 0) is 17.7 Å². The molecular formula is C15H15N3O3S. The van der Waals surface area contributed by atoms with Crippen molar-refractivity contribution in [3.8, 4) is 0 Å². The van der Waals surface area contributed by atoms with Crippen LogP contribution in [0.25, 0.3) is 0 Å². The van der Waals surface area contributed by atoms with E-state index in [1.54, 1.807) is 41.0 Å². The minimum Gasteiger partial charge on any atom is -0.335 e. The Kier molecular flexibility index (Phi) is 2.72. The molecule has 2 atom stereocenters. The topological polar surface area (TPSA) is 72.3 Å². The molecule has 7 heteroatoms. The molecule has 0 spiro atoms. The molecular weight excluding hydrogens is 302 g/mol. The van der Waals surface area contributed by atoms with E-state index in [0.29, 0.717) is 17.1 Å². The normalized spacial score (nSPS) is 25.0. The molecule has 2 unspecified atom stereocenters. The van der Waals surface area contributed by atoms with E-state index in [0.717, 1.165) is 5.56 Å². The van der Waals surface area contributed by atoms with E-state index in [4.69, 9.17) is 0 Å². The first-order chi connectivity index (χ1) is 10.5. The van der Waals surface area contributed by atoms with Gasteiger partial charge in [-0.25, -0.2) is 8.42 Å². The number of amides is 1. The van der Waals surface area contributed by atoms with Crippen LogP contribution >= 0.6 is 0 Å². The van der Waals surface area contributed by atoms with Crippen molar-refractivity contribution in [3.05, 3.63) is 47.8 Å². The molecule has 22 heavy (non-hydrogen) atoms. The summed E-state index contributed by atoms with van der Waals surface area (Å²) >= 11 is 0. The SMILES string of the molecule is Cn1ccc(C(=O)N2CC3c4ccccc4S(=O)(=O)C3C2)n1. The molecule has 114 valence electrons. The molecule has 3 heterocycles. The Morgan fingerprint density at radius 3 is 2.73 bits per heavy atom. The third kappa shape index (κ3) is 1.75. The fourth-order valence-electron chi connectivity index (χ4n) is 3.45. The van der Waals surface area contributed by atoms with Crippen molar-refractivity contribution < 1.29 is 13.2 Å². The van der Waals surface area contributed by atoms with E-state index in [-0.39, 0.29) is 18.4 Å². The fraction of sp³-hybridized carbons (Fsp3) is 0.333. The highest BCUT2D eigenvalue weighted by atomic mass is 32.2. The molecule has 0 saturated carbocycles. The molecule has 2 aliphatic rings. The van der Waals surface area contributed by atoms with Gasteiger partial charge in [-0.1, -0.05) is 18.2 Å². The van der Waals surface area contributed by atoms with Gasteiger partial charge >= 0.3 is 0 Å². The van der Waals surface area contributed by atoms with Gasteiger partial charge in [0.2, 0.25) is 0 Å². The third-order valence-corrected chi connectivity index (χ3v) is 6.77. The number of benzene rings is 1. The smallest absolute Gasteiger partial charge is 0.274 e. The zero-order chi connectivity index (χ0) is 15.5. The van der Waals surface area contributed by atoms with E-state index in [1.165, 1.54) is 0 Å². The van der Waals surface area contributed by atoms with Crippen LogP contribution in [-0.4, -0.2) is 47.3 Å². The predicted molar refractivity (Wildman–Crippen MR) is 79.3 cm³/mol. The van der Waals surface area contributed by atoms with Crippen LogP contribution in [0.2, 0.25) is 0 Å². The predicted octanol–water partition coefficient (Wildman–Crippen LogP) is 0.816. The number of carbonyl (C=O) groups is 1. The van der Waals surface area contributed by atoms with Crippen molar-refractivity contribution in [2.24, 2.45) is 7.05 Å². The van der Waals surface area contributed by atoms with E-state index in [1.807, 2.05) is 12.1 Å². The molecule has 1 fully saturated rings. The molecule has 1 amide bonds. The lowest BCUT2D eigenvalue weighted by atomic mass is 9.99. The number of sulfone groups is 1. The first kappa shape index (κ1) is 13.5. The molecule has 2 aliphatic heterocycles. The molecule has 1 aromatic heterocycles. The summed E-state index contributed by atoms with van der Waals surface area (Å²) in [6.45, 7) is 0.660. The summed E-state index contributed by atoms with van der Waals surface area (Å²) in [5.74, 6) is -0.337. The lowest BCUT2D eigenvalue weighted by Crippen LogP contribution is -2.32. The average molecular weight is 317 g/mol. The van der Waals surface area contributed by atoms with Crippen LogP contribution in [0.1, 0.15) is 22.0 Å². The van der Waals surface area contributed by atoms with Gasteiger partial charge in [0.25, 0.3) is 5.91 Å². The minimum absolute atomic E-state index is 0.131. The molecule has 1 saturated heterocycles. The van der Waals surface area contributed by atoms with Crippen LogP contribution in [0, 0.1) is 0 Å². The van der Waals surface area contributed by atoms with Gasteiger partial charge < -0.3 is 4.90 Å². The summed E-state index contributed by atoms with van der Waals surface area (Å²) in [5.41, 5.74) is 1.19. The second-order valence-electron chi connectivity index (χ2n) is 5.81. The summed E-state index contributed by atoms with van der Waals surface area (Å²) in [7, 11) is -1.60. The van der Waals surface area contributed by atoms with Crippen molar-refractivity contribution in [1.29, 1.82) is 0 Å². The minimum atomic E-state index is -3.35. The number of likely N-dealkylation sites (tertiary alicyclic amines) is 1. The van der Waals surface area contributed by atoms with Crippen LogP contribution in [0.3, 0.4) is 0 Å². The van der Waals surface area contributed by atoms with E-state index in [9.17, 15) is 13.2 Å². The Morgan fingerprint density at radius 2 is 2.00 bits per heavy atom. The van der Waals surface area contributed by atoms with Crippen molar-refractivity contribution in [1.82, 2.24) is 14.7 Å². The molecule has 1 aromatic carbocycles. The largest absolute Gasteiger partial charge is 0.335 e. The molecule has 0 N–H and O–H groups in total. The highest BCUT2D eigenvalue weighted by molar-refractivity contribution is 7.92. The number of hydrogen-bond acceptors (Lipinski definition) is 4. The van der Waals surface area contributed by atoms with Crippen molar-refractivity contribution >= 4 is 15.7 Å². The van der Waals surface area contributed by atoms with E-state index < -0.39 is 15.1 Å². The van der Waals surface area contributed by atoms with Gasteiger partial charge in [-0.15, -0.1) is 0 Å². The van der Waals surface area contributed by atoms with Gasteiger partial charge in [-0.3, -0.25) is 9.48 Å². The zero-order valence-electron chi connectivity index (χ0n) is 12.0. The number of aromatic nitrogens is 2. The van der Waals surface area contributed by atoms with E-state index in [2.05, 4.69) is 5.10 Å². The molecule has 6 nitrogen and oxygen atoms in total. The fourth-order valence-corrected chi connectivity index (χ4v) is 5.64. The Labute approximate surface area is 128 Å². The zero-order valence-corrected chi connectivity index (χ0v) is 12.8. The van der Waals surface area contributed by atoms with Crippen LogP contribution < -0.4 is 0 Å². The first-order valence-corrected chi connectivity index (χ1v) is 8.65. The summed E-state index contributed by atoms with van der Waals surface area (Å²) in [4.78, 5) is 14.5. The van der Waals surface area contributed by atoms with Gasteiger partial charge in [0.1, 0.15) is 5.69 Å². The molecule has 2 aromatic rings. The second-order valence-corrected chi connectivity index (χ2v) is 7.95. The van der Waals surface area contributed by atoms with Crippen molar-refractivity contribution in [2.45, 2.75) is 16.1 Å². The van der Waals surface area contributed by atoms with E-state index >= 15 is 0 Å². The van der Waals surface area contributed by atoms with Crippen LogP contribution in [0.15, 0.2) is 41.4 Å². The Hall–Kier alpha value is -2.15. The third-order valence-electron chi connectivity index (χ3n) is 4.51. The maximum absolute atomic E-state index is 12.6. The number of hydrogen-bond donors (Lipinski definition) is 0. The summed E-state index contributed by atoms with van der Waals surface area (Å²) in [5, 5.41) is 3.58. The summed E-state index contributed by atoms with van der Waals surface area (Å²) < 4.78 is 26.8. The van der Waals surface area contributed by atoms with Gasteiger partial charge in [0.15, 0.2) is 9.84 Å². The van der Waals surface area contributed by atoms with Crippen LogP contribution in [0.4, 0.5) is 0 Å². The Balaban J connectivity index is 1.68. The number of nitrogens with zero attached hydrogens (tertiary/aromatic N) is 3. The Morgan fingerprint density at radius 1 is 1.23 bits per heavy atom. The monoisotopic (exact) mass is 317 g/mol. The Bertz CT molecular complexity index is 872. The number of rotatable bonds is 1. The van der Waals surface area contributed by atoms with Gasteiger partial charge in [0, 0.05) is 32.3 Å². The summed E-state index contributed by atoms with van der Waals surface area (Å²) in [6, 6.07) is 8.76. The molecule has 0 aliphatic carbocycles. The van der Waals surface area contributed by atoms with Gasteiger partial charge in [0.05, 0.1) is 10.1 Å². The highest BCUT2D eigenvalue weighted by Gasteiger charge is 2.51. The molecule has 4 rings (SSSR count). The van der Waals surface area contributed by atoms with Gasteiger partial charge in [-0.2, -0.15) is 5.10 Å². The van der Waals surface area contributed by atoms with Crippen LogP contribution in [-0.2, 0) is 16.9 Å². The average Bonchev–Trinajstić information content (AvgIpc) is 3.16. The standard InChI is InChI=1S/C15H15N3O3S/c1-17-7-6-12(16-17)15(19)18-8-11-10-4-2-3-5-13(10)22(20,21)14(11)9-18/h2-7,11,14H,8-9H2,1H3. The highest BCUT2D eigenvalue weighted by Crippen LogP contribution is 2.44.